The van der Waals surface area contributed by atoms with Gasteiger partial charge in [-0.25, -0.2) is 0 Å². The maximum absolute atomic E-state index is 5.61. The van der Waals surface area contributed by atoms with Crippen LogP contribution >= 0.6 is 0 Å². The molecule has 6 rings (SSSR count). The Balaban J connectivity index is 1.20. The van der Waals surface area contributed by atoms with Gasteiger partial charge in [-0.15, -0.1) is 10.2 Å². The number of anilines is 1. The molecule has 2 heterocycles. The molecule has 1 fully saturated rings. The molecule has 0 spiro atoms. The normalized spacial score (nSPS) is 14.6. The van der Waals surface area contributed by atoms with E-state index in [-0.39, 0.29) is 0 Å². The number of methoxy groups -OCH3 is 2. The Kier molecular flexibility index (Phi) is 6.80. The van der Waals surface area contributed by atoms with E-state index in [1.54, 1.807) is 14.2 Å². The van der Waals surface area contributed by atoms with E-state index < -0.39 is 0 Å². The van der Waals surface area contributed by atoms with Gasteiger partial charge in [-0.2, -0.15) is 0 Å². The molecule has 1 saturated heterocycles. The summed E-state index contributed by atoms with van der Waals surface area (Å²) < 4.78 is 11.2. The van der Waals surface area contributed by atoms with Crippen molar-refractivity contribution in [2.75, 3.05) is 32.6 Å². The minimum Gasteiger partial charge on any atom is -0.497 e. The summed E-state index contributed by atoms with van der Waals surface area (Å²) in [6.07, 6.45) is 2.10. The zero-order valence-corrected chi connectivity index (χ0v) is 21.9. The van der Waals surface area contributed by atoms with Crippen molar-refractivity contribution in [2.45, 2.75) is 25.4 Å². The second-order valence-corrected chi connectivity index (χ2v) is 9.89. The molecule has 0 radical (unpaired) electrons. The standard InChI is InChI=1S/C32H32N4O2/c1-37-26-13-14-27-29(20-26)32(35-34-31(27)28-9-5-6-10-30(28)38-2)33-25-15-17-36(18-16-25)21-22-11-12-23-7-3-4-8-24(23)19-22/h3-14,19-20,25H,15-18,21H2,1-2H3,(H,33,35). The van der Waals surface area contributed by atoms with Gasteiger partial charge in [-0.3, -0.25) is 4.90 Å². The second kappa shape index (κ2) is 10.7. The zero-order valence-electron chi connectivity index (χ0n) is 21.9. The lowest BCUT2D eigenvalue weighted by molar-refractivity contribution is 0.211. The van der Waals surface area contributed by atoms with Crippen molar-refractivity contribution in [3.05, 3.63) is 90.5 Å². The van der Waals surface area contributed by atoms with Gasteiger partial charge in [0.15, 0.2) is 5.82 Å². The molecule has 0 unspecified atom stereocenters. The number of fused-ring (bicyclic) bond motifs is 2. The van der Waals surface area contributed by atoms with Crippen LogP contribution in [0.1, 0.15) is 18.4 Å². The van der Waals surface area contributed by atoms with Crippen molar-refractivity contribution in [2.24, 2.45) is 0 Å². The number of para-hydroxylation sites is 1. The molecule has 6 heteroatoms. The van der Waals surface area contributed by atoms with E-state index in [1.807, 2.05) is 36.4 Å². The Labute approximate surface area is 223 Å². The van der Waals surface area contributed by atoms with Gasteiger partial charge >= 0.3 is 0 Å². The number of hydrogen-bond acceptors (Lipinski definition) is 6. The van der Waals surface area contributed by atoms with Gasteiger partial charge in [0, 0.05) is 42.0 Å². The SMILES string of the molecule is COc1ccc2c(-c3ccccc3OC)nnc(NC3CCN(Cc4ccc5ccccc5c4)CC3)c2c1. The fourth-order valence-corrected chi connectivity index (χ4v) is 5.43. The van der Waals surface area contributed by atoms with Gasteiger partial charge in [0.1, 0.15) is 17.2 Å². The Morgan fingerprint density at radius 1 is 0.789 bits per heavy atom. The van der Waals surface area contributed by atoms with Crippen LogP contribution < -0.4 is 14.8 Å². The van der Waals surface area contributed by atoms with E-state index in [2.05, 4.69) is 68.9 Å². The Morgan fingerprint density at radius 3 is 2.39 bits per heavy atom. The minimum absolute atomic E-state index is 0.337. The number of piperidine rings is 1. The molecule has 0 saturated carbocycles. The zero-order chi connectivity index (χ0) is 25.9. The first kappa shape index (κ1) is 24.2. The van der Waals surface area contributed by atoms with Gasteiger partial charge < -0.3 is 14.8 Å². The predicted molar refractivity (Wildman–Crippen MR) is 154 cm³/mol. The van der Waals surface area contributed by atoms with Crippen LogP contribution in [0.4, 0.5) is 5.82 Å². The topological polar surface area (TPSA) is 59.5 Å². The summed E-state index contributed by atoms with van der Waals surface area (Å²) in [5.41, 5.74) is 3.09. The third kappa shape index (κ3) is 4.87. The highest BCUT2D eigenvalue weighted by Gasteiger charge is 2.22. The van der Waals surface area contributed by atoms with E-state index >= 15 is 0 Å². The van der Waals surface area contributed by atoms with E-state index in [1.165, 1.54) is 16.3 Å². The van der Waals surface area contributed by atoms with Crippen molar-refractivity contribution in [3.8, 4) is 22.8 Å². The number of aromatic nitrogens is 2. The highest BCUT2D eigenvalue weighted by atomic mass is 16.5. The molecule has 4 aromatic carbocycles. The molecule has 0 atom stereocenters. The molecular weight excluding hydrogens is 472 g/mol. The first-order valence-electron chi connectivity index (χ1n) is 13.2. The molecule has 1 aliphatic rings. The maximum atomic E-state index is 5.61. The quantitative estimate of drug-likeness (QED) is 0.271. The number of benzene rings is 4. The lowest BCUT2D eigenvalue weighted by Gasteiger charge is -2.32. The minimum atomic E-state index is 0.337. The van der Waals surface area contributed by atoms with Crippen molar-refractivity contribution in [1.82, 2.24) is 15.1 Å². The van der Waals surface area contributed by atoms with E-state index in [9.17, 15) is 0 Å². The summed E-state index contributed by atoms with van der Waals surface area (Å²) in [5.74, 6) is 2.37. The lowest BCUT2D eigenvalue weighted by Crippen LogP contribution is -2.38. The van der Waals surface area contributed by atoms with Gasteiger partial charge in [-0.1, -0.05) is 48.5 Å². The van der Waals surface area contributed by atoms with Crippen molar-refractivity contribution in [3.63, 3.8) is 0 Å². The molecule has 1 aromatic heterocycles. The van der Waals surface area contributed by atoms with Gasteiger partial charge in [-0.05, 0) is 65.6 Å². The van der Waals surface area contributed by atoms with Crippen LogP contribution in [0, 0.1) is 0 Å². The van der Waals surface area contributed by atoms with Gasteiger partial charge in [0.05, 0.1) is 14.2 Å². The maximum Gasteiger partial charge on any atom is 0.156 e. The largest absolute Gasteiger partial charge is 0.497 e. The molecule has 6 nitrogen and oxygen atoms in total. The third-order valence-corrected chi connectivity index (χ3v) is 7.50. The molecule has 0 amide bonds. The fourth-order valence-electron chi connectivity index (χ4n) is 5.43. The van der Waals surface area contributed by atoms with Crippen LogP contribution in [0.25, 0.3) is 32.8 Å². The first-order valence-corrected chi connectivity index (χ1v) is 13.2. The Hall–Kier alpha value is -4.16. The smallest absolute Gasteiger partial charge is 0.156 e. The average Bonchev–Trinajstić information content (AvgIpc) is 2.98. The summed E-state index contributed by atoms with van der Waals surface area (Å²) in [6.45, 7) is 3.06. The molecule has 0 aliphatic carbocycles. The number of likely N-dealkylation sites (tertiary alicyclic amines) is 1. The summed E-state index contributed by atoms with van der Waals surface area (Å²) in [7, 11) is 3.37. The summed E-state index contributed by atoms with van der Waals surface area (Å²) in [4.78, 5) is 2.54. The summed E-state index contributed by atoms with van der Waals surface area (Å²) in [6, 6.07) is 29.7. The molecule has 5 aromatic rings. The summed E-state index contributed by atoms with van der Waals surface area (Å²) in [5, 5.41) is 17.6. The van der Waals surface area contributed by atoms with E-state index in [4.69, 9.17) is 9.47 Å². The number of hydrogen-bond donors (Lipinski definition) is 1. The first-order chi connectivity index (χ1) is 18.7. The summed E-state index contributed by atoms with van der Waals surface area (Å²) >= 11 is 0. The second-order valence-electron chi connectivity index (χ2n) is 9.89. The highest BCUT2D eigenvalue weighted by molar-refractivity contribution is 6.01. The third-order valence-electron chi connectivity index (χ3n) is 7.50. The molecule has 1 N–H and O–H groups in total. The Morgan fingerprint density at radius 2 is 1.58 bits per heavy atom. The molecule has 192 valence electrons. The van der Waals surface area contributed by atoms with Gasteiger partial charge in [0.25, 0.3) is 0 Å². The van der Waals surface area contributed by atoms with Crippen LogP contribution in [0.5, 0.6) is 11.5 Å². The number of rotatable bonds is 7. The Bertz CT molecular complexity index is 1580. The molecule has 0 bridgehead atoms. The van der Waals surface area contributed by atoms with Crippen LogP contribution in [0.2, 0.25) is 0 Å². The lowest BCUT2D eigenvalue weighted by atomic mass is 10.0. The van der Waals surface area contributed by atoms with Crippen LogP contribution in [-0.4, -0.2) is 48.4 Å². The van der Waals surface area contributed by atoms with Crippen molar-refractivity contribution < 1.29 is 9.47 Å². The molecule has 1 aliphatic heterocycles. The van der Waals surface area contributed by atoms with E-state index in [0.29, 0.717) is 6.04 Å². The number of ether oxygens (including phenoxy) is 2. The number of nitrogens with one attached hydrogen (secondary N) is 1. The predicted octanol–water partition coefficient (Wildman–Crippen LogP) is 6.54. The monoisotopic (exact) mass is 504 g/mol. The van der Waals surface area contributed by atoms with Crippen molar-refractivity contribution >= 4 is 27.4 Å². The number of nitrogens with zero attached hydrogens (tertiary/aromatic N) is 3. The van der Waals surface area contributed by atoms with Crippen molar-refractivity contribution in [1.29, 1.82) is 0 Å². The van der Waals surface area contributed by atoms with Crippen LogP contribution in [0.3, 0.4) is 0 Å². The highest BCUT2D eigenvalue weighted by Crippen LogP contribution is 2.36. The fraction of sp³-hybridized carbons (Fsp3) is 0.250. The van der Waals surface area contributed by atoms with Gasteiger partial charge in [0.2, 0.25) is 0 Å². The molecule has 38 heavy (non-hydrogen) atoms. The van der Waals surface area contributed by atoms with E-state index in [0.717, 1.165) is 71.8 Å². The average molecular weight is 505 g/mol. The molecular formula is C32H32N4O2. The van der Waals surface area contributed by atoms with Crippen LogP contribution in [-0.2, 0) is 6.54 Å². The van der Waals surface area contributed by atoms with Crippen LogP contribution in [0.15, 0.2) is 84.9 Å².